The third kappa shape index (κ3) is 3.42. The zero-order valence-corrected chi connectivity index (χ0v) is 13.7. The van der Waals surface area contributed by atoms with E-state index in [-0.39, 0.29) is 11.6 Å². The number of aromatic nitrogens is 5. The van der Waals surface area contributed by atoms with Crippen molar-refractivity contribution in [3.63, 3.8) is 0 Å². The number of carbonyl (C=O) groups excluding carboxylic acids is 1. The number of pyridine rings is 1. The molecule has 0 spiro atoms. The van der Waals surface area contributed by atoms with E-state index >= 15 is 0 Å². The van der Waals surface area contributed by atoms with Crippen molar-refractivity contribution in [1.82, 2.24) is 29.8 Å². The number of amides is 1. The smallest absolute Gasteiger partial charge is 0.264 e. The largest absolute Gasteiger partial charge is 0.333 e. The zero-order valence-electron chi connectivity index (χ0n) is 13.7. The summed E-state index contributed by atoms with van der Waals surface area (Å²) in [4.78, 5) is 45.2. The third-order valence-corrected chi connectivity index (χ3v) is 3.90. The first kappa shape index (κ1) is 16.4. The van der Waals surface area contributed by atoms with Crippen LogP contribution >= 0.6 is 0 Å². The molecule has 25 heavy (non-hydrogen) atoms. The van der Waals surface area contributed by atoms with Crippen LogP contribution in [-0.2, 0) is 0 Å². The second-order valence-corrected chi connectivity index (χ2v) is 5.44. The van der Waals surface area contributed by atoms with Crippen LogP contribution in [0.1, 0.15) is 29.0 Å². The minimum Gasteiger partial charge on any atom is -0.333 e. The SMILES string of the molecule is CC(c1ccncn1)N(C)C(=O)c1cnc(-c2cccnc2)[nH]c1=O. The molecule has 3 aromatic rings. The Labute approximate surface area is 143 Å². The van der Waals surface area contributed by atoms with Gasteiger partial charge >= 0.3 is 0 Å². The van der Waals surface area contributed by atoms with Gasteiger partial charge in [-0.25, -0.2) is 15.0 Å². The highest BCUT2D eigenvalue weighted by molar-refractivity contribution is 5.93. The van der Waals surface area contributed by atoms with E-state index in [1.807, 2.05) is 6.92 Å². The molecule has 0 saturated carbocycles. The average Bonchev–Trinajstić information content (AvgIpc) is 2.67. The van der Waals surface area contributed by atoms with Gasteiger partial charge in [0.05, 0.1) is 11.7 Å². The lowest BCUT2D eigenvalue weighted by atomic mass is 10.1. The molecule has 0 saturated heterocycles. The highest BCUT2D eigenvalue weighted by Crippen LogP contribution is 2.17. The fourth-order valence-corrected chi connectivity index (χ4v) is 2.31. The quantitative estimate of drug-likeness (QED) is 0.773. The first-order chi connectivity index (χ1) is 12.1. The van der Waals surface area contributed by atoms with E-state index in [4.69, 9.17) is 0 Å². The summed E-state index contributed by atoms with van der Waals surface area (Å²) in [6.07, 6.45) is 7.52. The Morgan fingerprint density at radius 2 is 2.00 bits per heavy atom. The predicted molar refractivity (Wildman–Crippen MR) is 90.6 cm³/mol. The van der Waals surface area contributed by atoms with Crippen LogP contribution in [0.4, 0.5) is 0 Å². The number of hydrogen-bond acceptors (Lipinski definition) is 6. The molecule has 126 valence electrons. The topological polar surface area (TPSA) is 105 Å². The molecule has 1 N–H and O–H groups in total. The normalized spacial score (nSPS) is 11.8. The highest BCUT2D eigenvalue weighted by atomic mass is 16.2. The van der Waals surface area contributed by atoms with Crippen molar-refractivity contribution >= 4 is 5.91 Å². The van der Waals surface area contributed by atoms with Crippen LogP contribution in [0.5, 0.6) is 0 Å². The van der Waals surface area contributed by atoms with E-state index in [0.29, 0.717) is 17.1 Å². The third-order valence-electron chi connectivity index (χ3n) is 3.90. The Morgan fingerprint density at radius 1 is 1.16 bits per heavy atom. The fourth-order valence-electron chi connectivity index (χ4n) is 2.31. The predicted octanol–water partition coefficient (Wildman–Crippen LogP) is 1.46. The van der Waals surface area contributed by atoms with Crippen LogP contribution in [0.3, 0.4) is 0 Å². The fraction of sp³-hybridized carbons (Fsp3) is 0.176. The van der Waals surface area contributed by atoms with Crippen LogP contribution in [-0.4, -0.2) is 42.8 Å². The monoisotopic (exact) mass is 336 g/mol. The average molecular weight is 336 g/mol. The minimum atomic E-state index is -0.499. The molecule has 0 aromatic carbocycles. The summed E-state index contributed by atoms with van der Waals surface area (Å²) in [6.45, 7) is 1.83. The van der Waals surface area contributed by atoms with E-state index in [1.54, 1.807) is 43.8 Å². The minimum absolute atomic E-state index is 0.0314. The van der Waals surface area contributed by atoms with Crippen molar-refractivity contribution in [3.05, 3.63) is 70.9 Å². The second-order valence-electron chi connectivity index (χ2n) is 5.44. The Balaban J connectivity index is 1.86. The summed E-state index contributed by atoms with van der Waals surface area (Å²) in [6, 6.07) is 4.93. The number of aromatic amines is 1. The van der Waals surface area contributed by atoms with Gasteiger partial charge in [-0.15, -0.1) is 0 Å². The molecule has 3 aromatic heterocycles. The Hall–Kier alpha value is -3.42. The summed E-state index contributed by atoms with van der Waals surface area (Å²) in [7, 11) is 1.61. The summed E-state index contributed by atoms with van der Waals surface area (Å²) in [5, 5.41) is 0. The van der Waals surface area contributed by atoms with Gasteiger partial charge in [0.15, 0.2) is 0 Å². The van der Waals surface area contributed by atoms with Crippen molar-refractivity contribution in [2.24, 2.45) is 0 Å². The number of nitrogens with zero attached hydrogens (tertiary/aromatic N) is 5. The summed E-state index contributed by atoms with van der Waals surface area (Å²) in [5.74, 6) is -0.0706. The van der Waals surface area contributed by atoms with Gasteiger partial charge in [-0.3, -0.25) is 14.6 Å². The first-order valence-corrected chi connectivity index (χ1v) is 7.60. The van der Waals surface area contributed by atoms with Gasteiger partial charge < -0.3 is 9.88 Å². The molecule has 0 aliphatic rings. The van der Waals surface area contributed by atoms with Crippen molar-refractivity contribution in [2.75, 3.05) is 7.05 Å². The molecular weight excluding hydrogens is 320 g/mol. The van der Waals surface area contributed by atoms with Crippen LogP contribution in [0.2, 0.25) is 0 Å². The molecule has 0 radical (unpaired) electrons. The van der Waals surface area contributed by atoms with Gasteiger partial charge in [0.1, 0.15) is 17.7 Å². The van der Waals surface area contributed by atoms with Crippen molar-refractivity contribution in [1.29, 1.82) is 0 Å². The molecule has 1 amide bonds. The molecule has 0 bridgehead atoms. The van der Waals surface area contributed by atoms with Crippen molar-refractivity contribution in [2.45, 2.75) is 13.0 Å². The van der Waals surface area contributed by atoms with Gasteiger partial charge in [0.25, 0.3) is 11.5 Å². The summed E-state index contributed by atoms with van der Waals surface area (Å²) in [5.41, 5.74) is 0.820. The summed E-state index contributed by atoms with van der Waals surface area (Å²) < 4.78 is 0. The Kier molecular flexibility index (Phi) is 4.60. The molecule has 1 unspecified atom stereocenters. The molecule has 3 rings (SSSR count). The van der Waals surface area contributed by atoms with Crippen molar-refractivity contribution in [3.8, 4) is 11.4 Å². The van der Waals surface area contributed by atoms with Gasteiger partial charge in [0.2, 0.25) is 0 Å². The van der Waals surface area contributed by atoms with Gasteiger partial charge in [-0.1, -0.05) is 0 Å². The first-order valence-electron chi connectivity index (χ1n) is 7.60. The Morgan fingerprint density at radius 3 is 2.64 bits per heavy atom. The second kappa shape index (κ2) is 7.00. The number of hydrogen-bond donors (Lipinski definition) is 1. The number of H-pyrrole nitrogens is 1. The van der Waals surface area contributed by atoms with Crippen LogP contribution in [0.25, 0.3) is 11.4 Å². The van der Waals surface area contributed by atoms with Gasteiger partial charge in [0, 0.05) is 37.4 Å². The highest BCUT2D eigenvalue weighted by Gasteiger charge is 2.22. The van der Waals surface area contributed by atoms with Crippen LogP contribution < -0.4 is 5.56 Å². The number of nitrogens with one attached hydrogen (secondary N) is 1. The van der Waals surface area contributed by atoms with E-state index in [9.17, 15) is 9.59 Å². The molecule has 3 heterocycles. The van der Waals surface area contributed by atoms with E-state index in [0.717, 1.165) is 0 Å². The maximum absolute atomic E-state index is 12.6. The lowest BCUT2D eigenvalue weighted by Gasteiger charge is -2.24. The van der Waals surface area contributed by atoms with Gasteiger partial charge in [-0.2, -0.15) is 0 Å². The van der Waals surface area contributed by atoms with E-state index in [1.165, 1.54) is 17.4 Å². The molecule has 8 heteroatoms. The molecule has 8 nitrogen and oxygen atoms in total. The maximum Gasteiger partial charge on any atom is 0.264 e. The molecule has 1 atom stereocenters. The molecule has 0 fully saturated rings. The van der Waals surface area contributed by atoms with Crippen molar-refractivity contribution < 1.29 is 4.79 Å². The number of carbonyl (C=O) groups is 1. The Bertz CT molecular complexity index is 927. The van der Waals surface area contributed by atoms with Crippen LogP contribution in [0, 0.1) is 0 Å². The summed E-state index contributed by atoms with van der Waals surface area (Å²) >= 11 is 0. The van der Waals surface area contributed by atoms with Gasteiger partial charge in [-0.05, 0) is 25.1 Å². The number of rotatable bonds is 4. The maximum atomic E-state index is 12.6. The van der Waals surface area contributed by atoms with E-state index < -0.39 is 11.5 Å². The van der Waals surface area contributed by atoms with Crippen LogP contribution in [0.15, 0.2) is 54.1 Å². The molecular formula is C17H16N6O2. The molecule has 0 aliphatic carbocycles. The lowest BCUT2D eigenvalue weighted by molar-refractivity contribution is 0.0737. The standard InChI is InChI=1S/C17H16N6O2/c1-11(14-5-7-19-10-21-14)23(2)17(25)13-9-20-15(22-16(13)24)12-4-3-6-18-8-12/h3-11H,1-2H3,(H,20,22,24). The zero-order chi connectivity index (χ0) is 17.8. The molecule has 0 aliphatic heterocycles. The lowest BCUT2D eigenvalue weighted by Crippen LogP contribution is -2.34. The van der Waals surface area contributed by atoms with E-state index in [2.05, 4.69) is 24.9 Å².